The molecule has 0 spiro atoms. The van der Waals surface area contributed by atoms with Crippen molar-refractivity contribution in [3.63, 3.8) is 0 Å². The van der Waals surface area contributed by atoms with E-state index in [0.717, 1.165) is 0 Å². The number of hydrogen-bond acceptors (Lipinski definition) is 6. The Kier molecular flexibility index (Phi) is 4.04. The maximum atomic E-state index is 8.51. The minimum absolute atomic E-state index is 0.147. The second-order valence-corrected chi connectivity index (χ2v) is 3.10. The molecule has 4 N–H and O–H groups in total. The summed E-state index contributed by atoms with van der Waals surface area (Å²) in [5.74, 6) is 1.22. The van der Waals surface area contributed by atoms with Crippen LogP contribution >= 0.6 is 0 Å². The SMILES string of the molecule is CCC(NCc1nc(C)no1)C(N)=NO. The van der Waals surface area contributed by atoms with Gasteiger partial charge in [-0.05, 0) is 13.3 Å². The van der Waals surface area contributed by atoms with Crippen LogP contribution in [-0.2, 0) is 6.54 Å². The highest BCUT2D eigenvalue weighted by molar-refractivity contribution is 5.85. The molecule has 84 valence electrons. The molecule has 7 nitrogen and oxygen atoms in total. The minimum Gasteiger partial charge on any atom is -0.409 e. The van der Waals surface area contributed by atoms with Crippen LogP contribution in [0.2, 0.25) is 0 Å². The lowest BCUT2D eigenvalue weighted by Crippen LogP contribution is -2.40. The Morgan fingerprint density at radius 2 is 2.47 bits per heavy atom. The fourth-order valence-corrected chi connectivity index (χ4v) is 1.15. The summed E-state index contributed by atoms with van der Waals surface area (Å²) in [6.07, 6.45) is 0.711. The topological polar surface area (TPSA) is 110 Å². The van der Waals surface area contributed by atoms with Crippen molar-refractivity contribution in [1.82, 2.24) is 15.5 Å². The Morgan fingerprint density at radius 3 is 2.93 bits per heavy atom. The van der Waals surface area contributed by atoms with E-state index in [4.69, 9.17) is 15.5 Å². The molecule has 1 heterocycles. The second-order valence-electron chi connectivity index (χ2n) is 3.10. The number of rotatable bonds is 5. The molecule has 1 aromatic heterocycles. The molecule has 15 heavy (non-hydrogen) atoms. The quantitative estimate of drug-likeness (QED) is 0.275. The van der Waals surface area contributed by atoms with Crippen LogP contribution in [0.3, 0.4) is 0 Å². The first-order valence-corrected chi connectivity index (χ1v) is 4.67. The predicted octanol–water partition coefficient (Wildman–Crippen LogP) is -0.00738. The van der Waals surface area contributed by atoms with E-state index in [1.807, 2.05) is 6.92 Å². The summed E-state index contributed by atoms with van der Waals surface area (Å²) in [6.45, 7) is 4.07. The monoisotopic (exact) mass is 213 g/mol. The summed E-state index contributed by atoms with van der Waals surface area (Å²) in [7, 11) is 0. The van der Waals surface area contributed by atoms with Gasteiger partial charge in [-0.2, -0.15) is 4.98 Å². The first kappa shape index (κ1) is 11.4. The molecule has 0 saturated carbocycles. The average Bonchev–Trinajstić information content (AvgIpc) is 2.64. The van der Waals surface area contributed by atoms with Crippen molar-refractivity contribution in [3.05, 3.63) is 11.7 Å². The molecular formula is C8H15N5O2. The highest BCUT2D eigenvalue weighted by atomic mass is 16.5. The summed E-state index contributed by atoms with van der Waals surface area (Å²) in [6, 6.07) is -0.192. The maximum absolute atomic E-state index is 8.51. The van der Waals surface area contributed by atoms with E-state index in [2.05, 4.69) is 20.6 Å². The Balaban J connectivity index is 2.48. The fraction of sp³-hybridized carbons (Fsp3) is 0.625. The van der Waals surface area contributed by atoms with Gasteiger partial charge in [-0.1, -0.05) is 17.2 Å². The summed E-state index contributed by atoms with van der Waals surface area (Å²) >= 11 is 0. The molecule has 0 aliphatic rings. The fourth-order valence-electron chi connectivity index (χ4n) is 1.15. The van der Waals surface area contributed by atoms with Gasteiger partial charge in [0.05, 0.1) is 12.6 Å². The van der Waals surface area contributed by atoms with Crippen LogP contribution < -0.4 is 11.1 Å². The van der Waals surface area contributed by atoms with Crippen LogP contribution in [0.25, 0.3) is 0 Å². The van der Waals surface area contributed by atoms with Crippen molar-refractivity contribution in [2.24, 2.45) is 10.9 Å². The van der Waals surface area contributed by atoms with Crippen LogP contribution in [0.15, 0.2) is 9.68 Å². The van der Waals surface area contributed by atoms with Gasteiger partial charge in [-0.25, -0.2) is 0 Å². The van der Waals surface area contributed by atoms with E-state index >= 15 is 0 Å². The average molecular weight is 213 g/mol. The number of hydrogen-bond donors (Lipinski definition) is 3. The Labute approximate surface area is 87.3 Å². The molecule has 7 heteroatoms. The van der Waals surface area contributed by atoms with Gasteiger partial charge in [0.25, 0.3) is 0 Å². The number of nitrogens with two attached hydrogens (primary N) is 1. The predicted molar refractivity (Wildman–Crippen MR) is 53.4 cm³/mol. The van der Waals surface area contributed by atoms with Gasteiger partial charge in [0.2, 0.25) is 5.89 Å². The summed E-state index contributed by atoms with van der Waals surface area (Å²) in [5, 5.41) is 18.1. The smallest absolute Gasteiger partial charge is 0.240 e. The highest BCUT2D eigenvalue weighted by Gasteiger charge is 2.12. The van der Waals surface area contributed by atoms with Gasteiger partial charge in [-0.3, -0.25) is 5.32 Å². The van der Waals surface area contributed by atoms with Crippen LogP contribution in [0.1, 0.15) is 25.1 Å². The Bertz CT molecular complexity index is 336. The minimum atomic E-state index is -0.192. The number of nitrogens with one attached hydrogen (secondary N) is 1. The van der Waals surface area contributed by atoms with E-state index in [-0.39, 0.29) is 11.9 Å². The van der Waals surface area contributed by atoms with Gasteiger partial charge in [0.1, 0.15) is 0 Å². The van der Waals surface area contributed by atoms with Crippen molar-refractivity contribution >= 4 is 5.84 Å². The van der Waals surface area contributed by atoms with Crippen LogP contribution in [-0.4, -0.2) is 27.2 Å². The highest BCUT2D eigenvalue weighted by Crippen LogP contribution is 1.98. The summed E-state index contributed by atoms with van der Waals surface area (Å²) < 4.78 is 4.91. The van der Waals surface area contributed by atoms with Crippen molar-refractivity contribution in [2.75, 3.05) is 0 Å². The van der Waals surface area contributed by atoms with Gasteiger partial charge in [0, 0.05) is 0 Å². The first-order chi connectivity index (χ1) is 7.17. The van der Waals surface area contributed by atoms with Gasteiger partial charge in [0.15, 0.2) is 11.7 Å². The van der Waals surface area contributed by atoms with Crippen LogP contribution in [0.5, 0.6) is 0 Å². The van der Waals surface area contributed by atoms with Gasteiger partial charge in [-0.15, -0.1) is 0 Å². The zero-order valence-corrected chi connectivity index (χ0v) is 8.77. The molecule has 0 fully saturated rings. The molecule has 0 saturated heterocycles. The molecule has 0 aliphatic carbocycles. The molecule has 0 aromatic carbocycles. The molecule has 1 atom stereocenters. The van der Waals surface area contributed by atoms with E-state index in [0.29, 0.717) is 24.7 Å². The molecule has 0 bridgehead atoms. The third-order valence-electron chi connectivity index (χ3n) is 1.95. The third kappa shape index (κ3) is 3.21. The van der Waals surface area contributed by atoms with Crippen LogP contribution in [0.4, 0.5) is 0 Å². The Hall–Kier alpha value is -1.63. The largest absolute Gasteiger partial charge is 0.409 e. The standard InChI is InChI=1S/C8H15N5O2/c1-3-6(8(9)12-14)10-4-7-11-5(2)13-15-7/h6,10,14H,3-4H2,1-2H3,(H2,9,12). The van der Waals surface area contributed by atoms with E-state index in [9.17, 15) is 0 Å². The number of oxime groups is 1. The number of nitrogens with zero attached hydrogens (tertiary/aromatic N) is 3. The van der Waals surface area contributed by atoms with E-state index < -0.39 is 0 Å². The summed E-state index contributed by atoms with van der Waals surface area (Å²) in [4.78, 5) is 4.02. The number of aryl methyl sites for hydroxylation is 1. The lowest BCUT2D eigenvalue weighted by atomic mass is 10.2. The third-order valence-corrected chi connectivity index (χ3v) is 1.95. The summed E-state index contributed by atoms with van der Waals surface area (Å²) in [5.41, 5.74) is 5.47. The van der Waals surface area contributed by atoms with E-state index in [1.54, 1.807) is 6.92 Å². The van der Waals surface area contributed by atoms with Crippen molar-refractivity contribution < 1.29 is 9.73 Å². The van der Waals surface area contributed by atoms with Crippen molar-refractivity contribution in [2.45, 2.75) is 32.9 Å². The molecule has 1 rings (SSSR count). The number of amidine groups is 1. The molecule has 0 amide bonds. The van der Waals surface area contributed by atoms with Crippen molar-refractivity contribution in [3.8, 4) is 0 Å². The lowest BCUT2D eigenvalue weighted by molar-refractivity contribution is 0.312. The Morgan fingerprint density at radius 1 is 1.73 bits per heavy atom. The molecule has 0 radical (unpaired) electrons. The van der Waals surface area contributed by atoms with Crippen molar-refractivity contribution in [1.29, 1.82) is 0 Å². The second kappa shape index (κ2) is 5.30. The number of aromatic nitrogens is 2. The molecular weight excluding hydrogens is 198 g/mol. The van der Waals surface area contributed by atoms with Gasteiger partial charge >= 0.3 is 0 Å². The zero-order valence-electron chi connectivity index (χ0n) is 8.77. The molecule has 0 aliphatic heterocycles. The van der Waals surface area contributed by atoms with Crippen LogP contribution in [0, 0.1) is 6.92 Å². The lowest BCUT2D eigenvalue weighted by Gasteiger charge is -2.13. The zero-order chi connectivity index (χ0) is 11.3. The maximum Gasteiger partial charge on any atom is 0.240 e. The normalized spacial score (nSPS) is 14.1. The molecule has 1 unspecified atom stereocenters. The first-order valence-electron chi connectivity index (χ1n) is 4.67. The van der Waals surface area contributed by atoms with E-state index in [1.165, 1.54) is 0 Å². The molecule has 1 aromatic rings. The van der Waals surface area contributed by atoms with Gasteiger partial charge < -0.3 is 15.5 Å².